The largest absolute Gasteiger partial charge is 0.496 e. The first-order valence-electron chi connectivity index (χ1n) is 8.38. The van der Waals surface area contributed by atoms with Crippen molar-refractivity contribution in [2.24, 2.45) is 0 Å². The van der Waals surface area contributed by atoms with E-state index in [1.54, 1.807) is 25.3 Å². The summed E-state index contributed by atoms with van der Waals surface area (Å²) in [6.07, 6.45) is 0. The van der Waals surface area contributed by atoms with Crippen LogP contribution in [0.1, 0.15) is 43.6 Å². The minimum absolute atomic E-state index is 0.0714. The van der Waals surface area contributed by atoms with Crippen molar-refractivity contribution >= 4 is 18.4 Å². The monoisotopic (exact) mass is 338 g/mol. The smallest absolute Gasteiger partial charge is 0.494 e. The van der Waals surface area contributed by atoms with Crippen LogP contribution in [0.3, 0.4) is 0 Å². The van der Waals surface area contributed by atoms with Gasteiger partial charge in [0.05, 0.1) is 23.9 Å². The van der Waals surface area contributed by atoms with Gasteiger partial charge in [0, 0.05) is 5.56 Å². The number of benzene rings is 2. The number of carbonyl (C=O) groups excluding carboxylic acids is 1. The summed E-state index contributed by atoms with van der Waals surface area (Å²) >= 11 is 0. The molecule has 0 unspecified atom stereocenters. The van der Waals surface area contributed by atoms with Gasteiger partial charge in [0.15, 0.2) is 5.78 Å². The predicted molar refractivity (Wildman–Crippen MR) is 98.6 cm³/mol. The molecule has 25 heavy (non-hydrogen) atoms. The van der Waals surface area contributed by atoms with Crippen LogP contribution < -0.4 is 10.2 Å². The molecule has 1 saturated heterocycles. The highest BCUT2D eigenvalue weighted by atomic mass is 16.7. The molecule has 1 aliphatic rings. The van der Waals surface area contributed by atoms with Gasteiger partial charge >= 0.3 is 7.12 Å². The topological polar surface area (TPSA) is 44.8 Å². The lowest BCUT2D eigenvalue weighted by molar-refractivity contribution is 0.00578. The minimum atomic E-state index is -0.486. The third kappa shape index (κ3) is 3.22. The summed E-state index contributed by atoms with van der Waals surface area (Å²) in [5.41, 5.74) is 1.16. The maximum Gasteiger partial charge on any atom is 0.494 e. The molecule has 0 radical (unpaired) electrons. The fourth-order valence-corrected chi connectivity index (χ4v) is 2.77. The van der Waals surface area contributed by atoms with E-state index in [1.807, 2.05) is 58.0 Å². The Hall–Kier alpha value is -2.11. The Kier molecular flexibility index (Phi) is 4.48. The van der Waals surface area contributed by atoms with Crippen molar-refractivity contribution in [1.82, 2.24) is 0 Å². The first kappa shape index (κ1) is 17.7. The fraction of sp³-hybridized carbons (Fsp3) is 0.350. The molecule has 0 N–H and O–H groups in total. The molecule has 1 heterocycles. The fourth-order valence-electron chi connectivity index (χ4n) is 2.77. The van der Waals surface area contributed by atoms with Crippen LogP contribution in [0.4, 0.5) is 0 Å². The molecule has 0 spiro atoms. The second kappa shape index (κ2) is 6.32. The van der Waals surface area contributed by atoms with Crippen molar-refractivity contribution < 1.29 is 18.8 Å². The molecule has 4 nitrogen and oxygen atoms in total. The molecule has 130 valence electrons. The van der Waals surface area contributed by atoms with E-state index in [2.05, 4.69) is 0 Å². The van der Waals surface area contributed by atoms with E-state index in [-0.39, 0.29) is 5.78 Å². The zero-order valence-corrected chi connectivity index (χ0v) is 15.3. The van der Waals surface area contributed by atoms with Crippen LogP contribution in [0.15, 0.2) is 48.5 Å². The number of carbonyl (C=O) groups is 1. The van der Waals surface area contributed by atoms with Gasteiger partial charge in [-0.2, -0.15) is 0 Å². The standard InChI is InChI=1S/C20H23BO4/c1-19(2)20(3,4)25-21(24-19)15-11-12-16(17(13-15)23-5)18(22)14-9-7-6-8-10-14/h6-13H,1-5H3. The number of hydrogen-bond donors (Lipinski definition) is 0. The van der Waals surface area contributed by atoms with E-state index in [9.17, 15) is 4.79 Å². The summed E-state index contributed by atoms with van der Waals surface area (Å²) < 4.78 is 17.6. The van der Waals surface area contributed by atoms with Crippen molar-refractivity contribution in [1.29, 1.82) is 0 Å². The summed E-state index contributed by atoms with van der Waals surface area (Å²) in [4.78, 5) is 12.7. The van der Waals surface area contributed by atoms with Crippen LogP contribution in [0, 0.1) is 0 Å². The van der Waals surface area contributed by atoms with Gasteiger partial charge in [-0.25, -0.2) is 0 Å². The summed E-state index contributed by atoms with van der Waals surface area (Å²) in [5, 5.41) is 0. The lowest BCUT2D eigenvalue weighted by atomic mass is 9.78. The zero-order valence-electron chi connectivity index (χ0n) is 15.3. The van der Waals surface area contributed by atoms with Gasteiger partial charge in [0.2, 0.25) is 0 Å². The van der Waals surface area contributed by atoms with Crippen molar-refractivity contribution in [3.05, 3.63) is 59.7 Å². The van der Waals surface area contributed by atoms with Gasteiger partial charge in [-0.1, -0.05) is 36.4 Å². The molecule has 2 aromatic rings. The molecule has 3 rings (SSSR count). The average Bonchev–Trinajstić information content (AvgIpc) is 2.82. The molecule has 0 amide bonds. The van der Waals surface area contributed by atoms with E-state index >= 15 is 0 Å². The molecule has 5 heteroatoms. The van der Waals surface area contributed by atoms with Crippen LogP contribution in [-0.4, -0.2) is 31.2 Å². The molecular formula is C20H23BO4. The normalized spacial score (nSPS) is 18.2. The Bertz CT molecular complexity index is 768. The Morgan fingerprint density at radius 1 is 0.960 bits per heavy atom. The van der Waals surface area contributed by atoms with Gasteiger partial charge in [-0.05, 0) is 45.3 Å². The molecule has 0 atom stereocenters. The summed E-state index contributed by atoms with van der Waals surface area (Å²) in [6.45, 7) is 8.05. The second-order valence-electron chi connectivity index (χ2n) is 7.24. The Morgan fingerprint density at radius 3 is 2.12 bits per heavy atom. The molecular weight excluding hydrogens is 315 g/mol. The van der Waals surface area contributed by atoms with E-state index in [1.165, 1.54) is 0 Å². The third-order valence-corrected chi connectivity index (χ3v) is 5.03. The lowest BCUT2D eigenvalue weighted by Crippen LogP contribution is -2.41. The minimum Gasteiger partial charge on any atom is -0.496 e. The van der Waals surface area contributed by atoms with E-state index in [0.717, 1.165) is 5.46 Å². The first-order valence-corrected chi connectivity index (χ1v) is 8.38. The molecule has 2 aromatic carbocycles. The molecule has 0 aliphatic carbocycles. The van der Waals surface area contributed by atoms with Crippen molar-refractivity contribution in [2.75, 3.05) is 7.11 Å². The quantitative estimate of drug-likeness (QED) is 0.634. The van der Waals surface area contributed by atoms with Crippen LogP contribution >= 0.6 is 0 Å². The number of methoxy groups -OCH3 is 1. The summed E-state index contributed by atoms with van der Waals surface area (Å²) in [5.74, 6) is 0.444. The van der Waals surface area contributed by atoms with Crippen LogP contribution in [0.2, 0.25) is 0 Å². The van der Waals surface area contributed by atoms with Gasteiger partial charge in [0.1, 0.15) is 5.75 Å². The van der Waals surface area contributed by atoms with Gasteiger partial charge in [0.25, 0.3) is 0 Å². The Morgan fingerprint density at radius 2 is 1.56 bits per heavy atom. The van der Waals surface area contributed by atoms with Crippen LogP contribution in [-0.2, 0) is 9.31 Å². The molecule has 0 bridgehead atoms. The highest BCUT2D eigenvalue weighted by molar-refractivity contribution is 6.62. The first-order chi connectivity index (χ1) is 11.7. The van der Waals surface area contributed by atoms with Crippen molar-refractivity contribution in [2.45, 2.75) is 38.9 Å². The zero-order chi connectivity index (χ0) is 18.2. The number of ether oxygens (including phenoxy) is 1. The van der Waals surface area contributed by atoms with E-state index in [0.29, 0.717) is 16.9 Å². The van der Waals surface area contributed by atoms with E-state index < -0.39 is 18.3 Å². The average molecular weight is 338 g/mol. The maximum atomic E-state index is 12.7. The summed E-state index contributed by atoms with van der Waals surface area (Å²) in [7, 11) is 1.07. The Labute approximate surface area is 149 Å². The number of hydrogen-bond acceptors (Lipinski definition) is 4. The van der Waals surface area contributed by atoms with Crippen molar-refractivity contribution in [3.63, 3.8) is 0 Å². The van der Waals surface area contributed by atoms with E-state index in [4.69, 9.17) is 14.0 Å². The molecule has 1 aliphatic heterocycles. The van der Waals surface area contributed by atoms with Gasteiger partial charge in [-0.15, -0.1) is 0 Å². The third-order valence-electron chi connectivity index (χ3n) is 5.03. The van der Waals surface area contributed by atoms with Crippen molar-refractivity contribution in [3.8, 4) is 5.75 Å². The second-order valence-corrected chi connectivity index (χ2v) is 7.24. The molecule has 0 aromatic heterocycles. The van der Waals surface area contributed by atoms with Gasteiger partial charge < -0.3 is 14.0 Å². The molecule has 1 fully saturated rings. The number of ketones is 1. The van der Waals surface area contributed by atoms with Crippen LogP contribution in [0.25, 0.3) is 0 Å². The highest BCUT2D eigenvalue weighted by Gasteiger charge is 2.51. The highest BCUT2D eigenvalue weighted by Crippen LogP contribution is 2.36. The lowest BCUT2D eigenvalue weighted by Gasteiger charge is -2.32. The predicted octanol–water partition coefficient (Wildman–Crippen LogP) is 3.23. The number of rotatable bonds is 4. The van der Waals surface area contributed by atoms with Crippen LogP contribution in [0.5, 0.6) is 5.75 Å². The SMILES string of the molecule is COc1cc(B2OC(C)(C)C(C)(C)O2)ccc1C(=O)c1ccccc1. The molecule has 0 saturated carbocycles. The summed E-state index contributed by atoms with van der Waals surface area (Å²) in [6, 6.07) is 14.6. The maximum absolute atomic E-state index is 12.7. The van der Waals surface area contributed by atoms with Gasteiger partial charge in [-0.3, -0.25) is 4.79 Å². The Balaban J connectivity index is 1.92.